The van der Waals surface area contributed by atoms with Crippen LogP contribution in [0.5, 0.6) is 5.75 Å². The van der Waals surface area contributed by atoms with Crippen molar-refractivity contribution in [2.75, 3.05) is 39.3 Å². The van der Waals surface area contributed by atoms with Crippen LogP contribution in [0.2, 0.25) is 0 Å². The third-order valence-corrected chi connectivity index (χ3v) is 4.00. The van der Waals surface area contributed by atoms with E-state index in [0.29, 0.717) is 11.7 Å². The molecule has 1 atom stereocenters. The molecule has 2 rings (SSSR count). The molecule has 0 saturated carbocycles. The largest absolute Gasteiger partial charge is 0.508 e. The summed E-state index contributed by atoms with van der Waals surface area (Å²) in [7, 11) is 0. The maximum Gasteiger partial charge on any atom is 0.115 e. The summed E-state index contributed by atoms with van der Waals surface area (Å²) in [5.41, 5.74) is 6.98. The Balaban J connectivity index is 1.81. The number of benzene rings is 1. The molecule has 0 aromatic heterocycles. The summed E-state index contributed by atoms with van der Waals surface area (Å²) in [6, 6.07) is 7.55. The van der Waals surface area contributed by atoms with Crippen LogP contribution < -0.4 is 5.73 Å². The molecule has 1 unspecified atom stereocenters. The van der Waals surface area contributed by atoms with E-state index in [-0.39, 0.29) is 0 Å². The summed E-state index contributed by atoms with van der Waals surface area (Å²) in [6.45, 7) is 9.64. The summed E-state index contributed by atoms with van der Waals surface area (Å²) >= 11 is 0. The second-order valence-electron chi connectivity index (χ2n) is 5.94. The van der Waals surface area contributed by atoms with Gasteiger partial charge in [0.15, 0.2) is 0 Å². The average molecular weight is 277 g/mol. The minimum atomic E-state index is 0.339. The summed E-state index contributed by atoms with van der Waals surface area (Å²) < 4.78 is 0. The molecule has 0 radical (unpaired) electrons. The van der Waals surface area contributed by atoms with Gasteiger partial charge < -0.3 is 15.7 Å². The zero-order chi connectivity index (χ0) is 14.4. The van der Waals surface area contributed by atoms with Gasteiger partial charge in [-0.05, 0) is 49.7 Å². The normalized spacial score (nSPS) is 19.7. The third-order valence-electron chi connectivity index (χ3n) is 4.00. The van der Waals surface area contributed by atoms with Gasteiger partial charge in [0.2, 0.25) is 0 Å². The first kappa shape index (κ1) is 15.3. The number of nitrogens with zero attached hydrogens (tertiary/aromatic N) is 2. The Hall–Kier alpha value is -1.10. The number of hydrogen-bond acceptors (Lipinski definition) is 4. The van der Waals surface area contributed by atoms with Crippen molar-refractivity contribution in [3.05, 3.63) is 29.8 Å². The maximum atomic E-state index is 9.32. The van der Waals surface area contributed by atoms with Gasteiger partial charge in [-0.3, -0.25) is 4.90 Å². The minimum Gasteiger partial charge on any atom is -0.508 e. The SMILES string of the molecule is CC(CN)CN1CCCN(Cc2ccc(O)cc2)CC1. The van der Waals surface area contributed by atoms with Gasteiger partial charge in [-0.1, -0.05) is 19.1 Å². The van der Waals surface area contributed by atoms with Gasteiger partial charge in [0.05, 0.1) is 0 Å². The molecule has 1 aromatic carbocycles. The topological polar surface area (TPSA) is 52.7 Å². The summed E-state index contributed by atoms with van der Waals surface area (Å²) in [4.78, 5) is 5.04. The zero-order valence-electron chi connectivity index (χ0n) is 12.5. The number of hydrogen-bond donors (Lipinski definition) is 2. The molecule has 0 amide bonds. The van der Waals surface area contributed by atoms with E-state index in [1.54, 1.807) is 12.1 Å². The number of phenols is 1. The molecule has 112 valence electrons. The van der Waals surface area contributed by atoms with Crippen molar-refractivity contribution in [3.8, 4) is 5.75 Å². The predicted octanol–water partition coefficient (Wildman–Crippen LogP) is 1.49. The Morgan fingerprint density at radius 2 is 1.75 bits per heavy atom. The molecule has 3 N–H and O–H groups in total. The second kappa shape index (κ2) is 7.62. The van der Waals surface area contributed by atoms with E-state index in [0.717, 1.165) is 39.3 Å². The van der Waals surface area contributed by atoms with Gasteiger partial charge in [0.25, 0.3) is 0 Å². The lowest BCUT2D eigenvalue weighted by Crippen LogP contribution is -2.35. The lowest BCUT2D eigenvalue weighted by atomic mass is 10.1. The summed E-state index contributed by atoms with van der Waals surface area (Å²) in [5, 5.41) is 9.32. The molecule has 1 fully saturated rings. The Morgan fingerprint density at radius 3 is 2.45 bits per heavy atom. The first-order valence-electron chi connectivity index (χ1n) is 7.60. The van der Waals surface area contributed by atoms with Crippen molar-refractivity contribution >= 4 is 0 Å². The molecule has 1 heterocycles. The van der Waals surface area contributed by atoms with Crippen molar-refractivity contribution < 1.29 is 5.11 Å². The Bertz CT molecular complexity index is 393. The van der Waals surface area contributed by atoms with E-state index < -0.39 is 0 Å². The van der Waals surface area contributed by atoms with Crippen LogP contribution in [0.4, 0.5) is 0 Å². The monoisotopic (exact) mass is 277 g/mol. The van der Waals surface area contributed by atoms with Crippen LogP contribution >= 0.6 is 0 Å². The number of rotatable bonds is 5. The maximum absolute atomic E-state index is 9.32. The third kappa shape index (κ3) is 4.78. The quantitative estimate of drug-likeness (QED) is 0.856. The number of nitrogens with two attached hydrogens (primary N) is 1. The molecule has 0 spiro atoms. The molecule has 1 aliphatic heterocycles. The van der Waals surface area contributed by atoms with Gasteiger partial charge in [-0.15, -0.1) is 0 Å². The van der Waals surface area contributed by atoms with E-state index in [9.17, 15) is 5.11 Å². The first-order chi connectivity index (χ1) is 9.67. The Morgan fingerprint density at radius 1 is 1.10 bits per heavy atom. The van der Waals surface area contributed by atoms with E-state index in [1.165, 1.54) is 18.5 Å². The van der Waals surface area contributed by atoms with Crippen LogP contribution in [-0.2, 0) is 6.54 Å². The highest BCUT2D eigenvalue weighted by molar-refractivity contribution is 5.25. The van der Waals surface area contributed by atoms with Gasteiger partial charge >= 0.3 is 0 Å². The molecule has 1 saturated heterocycles. The first-order valence-corrected chi connectivity index (χ1v) is 7.60. The molecule has 1 aliphatic rings. The van der Waals surface area contributed by atoms with Crippen LogP contribution in [0.3, 0.4) is 0 Å². The van der Waals surface area contributed by atoms with Crippen molar-refractivity contribution in [1.82, 2.24) is 9.80 Å². The standard InChI is InChI=1S/C16H27N3O/c1-14(11-17)12-18-7-2-8-19(10-9-18)13-15-3-5-16(20)6-4-15/h3-6,14,20H,2,7-13,17H2,1H3. The van der Waals surface area contributed by atoms with Crippen molar-refractivity contribution in [1.29, 1.82) is 0 Å². The highest BCUT2D eigenvalue weighted by Crippen LogP contribution is 2.13. The molecular formula is C16H27N3O. The average Bonchev–Trinajstić information content (AvgIpc) is 2.67. The van der Waals surface area contributed by atoms with Gasteiger partial charge in [-0.25, -0.2) is 0 Å². The smallest absolute Gasteiger partial charge is 0.115 e. The van der Waals surface area contributed by atoms with Crippen LogP contribution in [0, 0.1) is 5.92 Å². The highest BCUT2D eigenvalue weighted by atomic mass is 16.3. The summed E-state index contributed by atoms with van der Waals surface area (Å²) in [6.07, 6.45) is 1.22. The molecule has 0 bridgehead atoms. The molecule has 4 nitrogen and oxygen atoms in total. The van der Waals surface area contributed by atoms with E-state index in [2.05, 4.69) is 16.7 Å². The van der Waals surface area contributed by atoms with Gasteiger partial charge in [-0.2, -0.15) is 0 Å². The number of phenolic OH excluding ortho intramolecular Hbond substituents is 1. The fourth-order valence-corrected chi connectivity index (χ4v) is 2.74. The molecule has 4 heteroatoms. The minimum absolute atomic E-state index is 0.339. The van der Waals surface area contributed by atoms with Crippen LogP contribution in [0.25, 0.3) is 0 Å². The van der Waals surface area contributed by atoms with Crippen molar-refractivity contribution in [3.63, 3.8) is 0 Å². The second-order valence-corrected chi connectivity index (χ2v) is 5.94. The van der Waals surface area contributed by atoms with Crippen LogP contribution in [0.15, 0.2) is 24.3 Å². The van der Waals surface area contributed by atoms with Crippen LogP contribution in [-0.4, -0.2) is 54.2 Å². The lowest BCUT2D eigenvalue weighted by Gasteiger charge is -2.24. The molecular weight excluding hydrogens is 250 g/mol. The Labute approximate surface area is 122 Å². The van der Waals surface area contributed by atoms with Crippen LogP contribution in [0.1, 0.15) is 18.9 Å². The fraction of sp³-hybridized carbons (Fsp3) is 0.625. The van der Waals surface area contributed by atoms with E-state index >= 15 is 0 Å². The van der Waals surface area contributed by atoms with E-state index in [1.807, 2.05) is 12.1 Å². The van der Waals surface area contributed by atoms with Crippen molar-refractivity contribution in [2.24, 2.45) is 11.7 Å². The molecule has 1 aromatic rings. The van der Waals surface area contributed by atoms with Crippen molar-refractivity contribution in [2.45, 2.75) is 19.9 Å². The van der Waals surface area contributed by atoms with Gasteiger partial charge in [0, 0.05) is 26.2 Å². The highest BCUT2D eigenvalue weighted by Gasteiger charge is 2.16. The van der Waals surface area contributed by atoms with E-state index in [4.69, 9.17) is 5.73 Å². The fourth-order valence-electron chi connectivity index (χ4n) is 2.74. The zero-order valence-corrected chi connectivity index (χ0v) is 12.5. The lowest BCUT2D eigenvalue weighted by molar-refractivity contribution is 0.232. The van der Waals surface area contributed by atoms with Gasteiger partial charge in [0.1, 0.15) is 5.75 Å². The predicted molar refractivity (Wildman–Crippen MR) is 82.7 cm³/mol. The molecule has 20 heavy (non-hydrogen) atoms. The molecule has 0 aliphatic carbocycles. The Kier molecular flexibility index (Phi) is 5.83. The summed E-state index contributed by atoms with van der Waals surface area (Å²) in [5.74, 6) is 0.921. The number of aromatic hydroxyl groups is 1.